The molecule has 1 fully saturated rings. The second-order valence-electron chi connectivity index (χ2n) is 9.96. The van der Waals surface area contributed by atoms with Gasteiger partial charge in [0.25, 0.3) is 5.91 Å². The molecule has 1 saturated heterocycles. The molecule has 5 heterocycles. The Labute approximate surface area is 242 Å². The first-order chi connectivity index (χ1) is 20.1. The highest BCUT2D eigenvalue weighted by Crippen LogP contribution is 2.37. The van der Waals surface area contributed by atoms with E-state index in [9.17, 15) is 18.0 Å². The molecule has 0 radical (unpaired) electrons. The molecule has 2 N–H and O–H groups in total. The van der Waals surface area contributed by atoms with Crippen LogP contribution in [0.3, 0.4) is 0 Å². The van der Waals surface area contributed by atoms with E-state index in [1.54, 1.807) is 40.9 Å². The van der Waals surface area contributed by atoms with Gasteiger partial charge in [-0.05, 0) is 31.2 Å². The zero-order valence-corrected chi connectivity index (χ0v) is 23.4. The second-order valence-corrected chi connectivity index (χ2v) is 10.4. The Morgan fingerprint density at radius 2 is 1.93 bits per heavy atom. The topological polar surface area (TPSA) is 110 Å². The summed E-state index contributed by atoms with van der Waals surface area (Å²) >= 11 is 6.48. The van der Waals surface area contributed by atoms with E-state index in [0.29, 0.717) is 41.5 Å². The van der Waals surface area contributed by atoms with E-state index in [2.05, 4.69) is 30.8 Å². The molecule has 15 heteroatoms. The largest absolute Gasteiger partial charge is 0.435 e. The van der Waals surface area contributed by atoms with Crippen LogP contribution >= 0.6 is 11.6 Å². The van der Waals surface area contributed by atoms with Gasteiger partial charge in [-0.1, -0.05) is 11.6 Å². The Balaban J connectivity index is 1.30. The number of amides is 1. The minimum absolute atomic E-state index is 0.0732. The normalized spacial score (nSPS) is 14.1. The van der Waals surface area contributed by atoms with Gasteiger partial charge in [0.15, 0.2) is 17.2 Å². The number of imidazole rings is 1. The Morgan fingerprint density at radius 3 is 2.62 bits per heavy atom. The average molecular weight is 599 g/mol. The summed E-state index contributed by atoms with van der Waals surface area (Å²) in [7, 11) is 1.77. The van der Waals surface area contributed by atoms with Crippen LogP contribution in [-0.4, -0.2) is 70.9 Å². The van der Waals surface area contributed by atoms with Gasteiger partial charge in [-0.3, -0.25) is 18.6 Å². The lowest BCUT2D eigenvalue weighted by atomic mass is 10.1. The quantitative estimate of drug-likeness (QED) is 0.302. The van der Waals surface area contributed by atoms with Crippen LogP contribution < -0.4 is 10.6 Å². The van der Waals surface area contributed by atoms with Crippen LogP contribution in [0.4, 0.5) is 24.7 Å². The van der Waals surface area contributed by atoms with Gasteiger partial charge in [-0.25, -0.2) is 9.97 Å². The van der Waals surface area contributed by atoms with Crippen LogP contribution in [0.15, 0.2) is 49.1 Å². The predicted molar refractivity (Wildman–Crippen MR) is 150 cm³/mol. The maximum atomic E-state index is 14.1. The summed E-state index contributed by atoms with van der Waals surface area (Å²) in [6.45, 7) is 4.58. The van der Waals surface area contributed by atoms with Crippen molar-refractivity contribution in [3.63, 3.8) is 0 Å². The lowest BCUT2D eigenvalue weighted by Crippen LogP contribution is -2.46. The number of fused-ring (bicyclic) bond motifs is 1. The number of piperazine rings is 1. The lowest BCUT2D eigenvalue weighted by molar-refractivity contribution is -0.141. The summed E-state index contributed by atoms with van der Waals surface area (Å²) in [4.78, 5) is 23.4. The minimum atomic E-state index is -4.69. The average Bonchev–Trinajstić information content (AvgIpc) is 3.66. The number of rotatable bonds is 6. The Kier molecular flexibility index (Phi) is 7.10. The molecule has 42 heavy (non-hydrogen) atoms. The molecule has 0 spiro atoms. The predicted octanol–water partition coefficient (Wildman–Crippen LogP) is 4.14. The minimum Gasteiger partial charge on any atom is -0.337 e. The molecule has 1 aliphatic heterocycles. The highest BCUT2D eigenvalue weighted by Gasteiger charge is 2.38. The summed E-state index contributed by atoms with van der Waals surface area (Å²) in [5.74, 6) is 0.149. The molecular formula is C27H26ClF3N10O. The van der Waals surface area contributed by atoms with Crippen LogP contribution in [0.5, 0.6) is 0 Å². The summed E-state index contributed by atoms with van der Waals surface area (Å²) in [6.07, 6.45) is 0.993. The van der Waals surface area contributed by atoms with E-state index < -0.39 is 11.9 Å². The molecule has 1 amide bonds. The van der Waals surface area contributed by atoms with Crippen LogP contribution in [0, 0.1) is 6.92 Å². The highest BCUT2D eigenvalue weighted by molar-refractivity contribution is 6.34. The van der Waals surface area contributed by atoms with E-state index in [0.717, 1.165) is 18.8 Å². The standard InChI is InChI=1S/C27H26ClF3N10O/c1-16-11-18(36-38(16)2)14-40-15-20(23(37-40)27(29,30)31)22-13-34-25-24(33-7-10-41(22)25)35-17-3-4-19(21(28)12-17)26(42)39-8-5-32-6-9-39/h3-4,7,10-13,15,32H,5-6,8-9,14H2,1-2H3,(H,33,35). The maximum Gasteiger partial charge on any atom is 0.435 e. The first-order valence-corrected chi connectivity index (χ1v) is 13.5. The smallest absolute Gasteiger partial charge is 0.337 e. The molecule has 6 rings (SSSR count). The number of carbonyl (C=O) groups excluding carboxylic acids is 1. The van der Waals surface area contributed by atoms with Crippen molar-refractivity contribution in [2.45, 2.75) is 19.6 Å². The molecule has 0 saturated carbocycles. The maximum absolute atomic E-state index is 14.1. The molecule has 11 nitrogen and oxygen atoms in total. The Bertz CT molecular complexity index is 1770. The summed E-state index contributed by atoms with van der Waals surface area (Å²) in [5, 5.41) is 14.8. The highest BCUT2D eigenvalue weighted by atomic mass is 35.5. The zero-order chi connectivity index (χ0) is 29.6. The van der Waals surface area contributed by atoms with Gasteiger partial charge in [0.2, 0.25) is 0 Å². The molecule has 0 atom stereocenters. The lowest BCUT2D eigenvalue weighted by Gasteiger charge is -2.27. The summed E-state index contributed by atoms with van der Waals surface area (Å²) < 4.78 is 46.6. The molecular weight excluding hydrogens is 573 g/mol. The van der Waals surface area contributed by atoms with Crippen molar-refractivity contribution in [1.29, 1.82) is 0 Å². The van der Waals surface area contributed by atoms with Gasteiger partial charge >= 0.3 is 6.18 Å². The van der Waals surface area contributed by atoms with Gasteiger partial charge in [0.05, 0.1) is 40.3 Å². The fourth-order valence-corrected chi connectivity index (χ4v) is 5.19. The molecule has 0 aliphatic carbocycles. The van der Waals surface area contributed by atoms with Crippen molar-refractivity contribution in [2.24, 2.45) is 7.05 Å². The van der Waals surface area contributed by atoms with Gasteiger partial charge in [-0.15, -0.1) is 0 Å². The number of anilines is 2. The van der Waals surface area contributed by atoms with E-state index >= 15 is 0 Å². The first-order valence-electron chi connectivity index (χ1n) is 13.1. The third-order valence-corrected chi connectivity index (χ3v) is 7.40. The van der Waals surface area contributed by atoms with E-state index in [1.807, 2.05) is 6.92 Å². The van der Waals surface area contributed by atoms with Crippen LogP contribution in [-0.2, 0) is 19.8 Å². The second kappa shape index (κ2) is 10.8. The molecule has 218 valence electrons. The zero-order valence-electron chi connectivity index (χ0n) is 22.7. The monoisotopic (exact) mass is 598 g/mol. The van der Waals surface area contributed by atoms with E-state index in [-0.39, 0.29) is 28.7 Å². The summed E-state index contributed by atoms with van der Waals surface area (Å²) in [6, 6.07) is 6.74. The van der Waals surface area contributed by atoms with Crippen molar-refractivity contribution in [1.82, 2.24) is 44.1 Å². The van der Waals surface area contributed by atoms with Gasteiger partial charge < -0.3 is 15.5 Å². The fraction of sp³-hybridized carbons (Fsp3) is 0.296. The summed E-state index contributed by atoms with van der Waals surface area (Å²) in [5.41, 5.74) is 1.73. The number of hydrogen-bond donors (Lipinski definition) is 2. The van der Waals surface area contributed by atoms with Crippen LogP contribution in [0.1, 0.15) is 27.4 Å². The van der Waals surface area contributed by atoms with Gasteiger partial charge in [0.1, 0.15) is 0 Å². The number of aryl methyl sites for hydroxylation is 2. The number of hydrogen-bond acceptors (Lipinski definition) is 7. The molecule has 5 aromatic rings. The number of nitrogens with zero attached hydrogens (tertiary/aromatic N) is 8. The van der Waals surface area contributed by atoms with E-state index in [4.69, 9.17) is 11.6 Å². The number of nitrogens with one attached hydrogen (secondary N) is 2. The number of carbonyl (C=O) groups is 1. The molecule has 1 aliphatic rings. The first kappa shape index (κ1) is 27.7. The van der Waals surface area contributed by atoms with Crippen molar-refractivity contribution < 1.29 is 18.0 Å². The van der Waals surface area contributed by atoms with Crippen molar-refractivity contribution >= 4 is 34.7 Å². The third kappa shape index (κ3) is 5.30. The van der Waals surface area contributed by atoms with Crippen LogP contribution in [0.25, 0.3) is 16.9 Å². The Morgan fingerprint density at radius 1 is 1.14 bits per heavy atom. The number of halogens is 4. The molecule has 0 bridgehead atoms. The fourth-order valence-electron chi connectivity index (χ4n) is 4.93. The number of benzene rings is 1. The molecule has 1 aromatic carbocycles. The van der Waals surface area contributed by atoms with Gasteiger partial charge in [-0.2, -0.15) is 23.4 Å². The SMILES string of the molecule is Cc1cc(Cn2cc(-c3cnc4c(Nc5ccc(C(=O)N6CCNCC6)c(Cl)c5)nccn34)c(C(F)(F)F)n2)nn1C. The Hall–Kier alpha value is -4.43. The molecule has 4 aromatic heterocycles. The van der Waals surface area contributed by atoms with Crippen molar-refractivity contribution in [3.05, 3.63) is 76.7 Å². The van der Waals surface area contributed by atoms with Crippen LogP contribution in [0.2, 0.25) is 5.02 Å². The van der Waals surface area contributed by atoms with Gasteiger partial charge in [0, 0.05) is 63.2 Å². The van der Waals surface area contributed by atoms with E-state index in [1.165, 1.54) is 33.9 Å². The van der Waals surface area contributed by atoms with Crippen molar-refractivity contribution in [2.75, 3.05) is 31.5 Å². The third-order valence-electron chi connectivity index (χ3n) is 7.09. The van der Waals surface area contributed by atoms with Crippen molar-refractivity contribution in [3.8, 4) is 11.3 Å². The number of alkyl halides is 3. The molecule has 0 unspecified atom stereocenters. The number of aromatic nitrogens is 7.